The van der Waals surface area contributed by atoms with Crippen LogP contribution >= 0.6 is 23.2 Å². The largest absolute Gasteiger partial charge is 0.381 e. The summed E-state index contributed by atoms with van der Waals surface area (Å²) in [6.07, 6.45) is 2.33. The molecule has 0 aliphatic carbocycles. The molecule has 4 heteroatoms. The molecule has 2 atom stereocenters. The first-order valence-corrected chi connectivity index (χ1v) is 6.47. The maximum atomic E-state index is 6.09. The van der Waals surface area contributed by atoms with Gasteiger partial charge >= 0.3 is 0 Å². The van der Waals surface area contributed by atoms with Gasteiger partial charge < -0.3 is 10.6 Å². The number of hydrogen-bond donors (Lipinski definition) is 2. The van der Waals surface area contributed by atoms with Crippen LogP contribution in [0.2, 0.25) is 10.0 Å². The molecule has 2 aliphatic rings. The van der Waals surface area contributed by atoms with Gasteiger partial charge in [-0.15, -0.1) is 0 Å². The highest BCUT2D eigenvalue weighted by atomic mass is 35.5. The maximum absolute atomic E-state index is 6.09. The lowest BCUT2D eigenvalue weighted by Gasteiger charge is -2.15. The second-order valence-corrected chi connectivity index (χ2v) is 5.35. The fraction of sp³-hybridized carbons (Fsp3) is 0.500. The van der Waals surface area contributed by atoms with E-state index in [1.165, 1.54) is 17.7 Å². The van der Waals surface area contributed by atoms with E-state index >= 15 is 0 Å². The molecule has 0 aromatic heterocycles. The molecule has 0 amide bonds. The molecule has 0 spiro atoms. The van der Waals surface area contributed by atoms with Gasteiger partial charge in [0.2, 0.25) is 0 Å². The van der Waals surface area contributed by atoms with E-state index in [1.54, 1.807) is 0 Å². The van der Waals surface area contributed by atoms with Crippen molar-refractivity contribution in [2.24, 2.45) is 0 Å². The molecule has 1 saturated heterocycles. The monoisotopic (exact) mass is 256 g/mol. The minimum absolute atomic E-state index is 0.541. The zero-order valence-corrected chi connectivity index (χ0v) is 10.4. The lowest BCUT2D eigenvalue weighted by Crippen LogP contribution is -2.21. The van der Waals surface area contributed by atoms with Crippen LogP contribution in [0.25, 0.3) is 0 Å². The molecule has 1 fully saturated rings. The highest BCUT2D eigenvalue weighted by Crippen LogP contribution is 2.43. The van der Waals surface area contributed by atoms with Gasteiger partial charge in [0.15, 0.2) is 0 Å². The third-order valence-electron chi connectivity index (χ3n) is 3.58. The number of fused-ring (bicyclic) bond motifs is 3. The number of hydrogen-bond acceptors (Lipinski definition) is 2. The third-order valence-corrected chi connectivity index (χ3v) is 4.30. The molecule has 1 aromatic rings. The maximum Gasteiger partial charge on any atom is 0.0613 e. The van der Waals surface area contributed by atoms with Gasteiger partial charge in [-0.2, -0.15) is 0 Å². The summed E-state index contributed by atoms with van der Waals surface area (Å²) in [4.78, 5) is 0. The average Bonchev–Trinajstić information content (AvgIpc) is 2.47. The summed E-state index contributed by atoms with van der Waals surface area (Å²) in [6.45, 7) is 2.17. The molecule has 16 heavy (non-hydrogen) atoms. The fourth-order valence-corrected chi connectivity index (χ4v) is 3.12. The Morgan fingerprint density at radius 2 is 1.81 bits per heavy atom. The van der Waals surface area contributed by atoms with Crippen LogP contribution in [0.3, 0.4) is 0 Å². The molecule has 0 bridgehead atoms. The predicted octanol–water partition coefficient (Wildman–Crippen LogP) is 3.25. The van der Waals surface area contributed by atoms with E-state index < -0.39 is 0 Å². The highest BCUT2D eigenvalue weighted by molar-refractivity contribution is 6.42. The standard InChI is InChI=1S/C12H14Cl2N2/c13-9-5-8-7-1-3-15-4-2-11(7)16-12(8)6-10(9)14/h5-7,11,15-16H,1-4H2/t7-,11-/m0/s1. The highest BCUT2D eigenvalue weighted by Gasteiger charge is 2.33. The number of halogens is 2. The van der Waals surface area contributed by atoms with E-state index in [4.69, 9.17) is 23.2 Å². The van der Waals surface area contributed by atoms with Crippen LogP contribution in [0.4, 0.5) is 5.69 Å². The molecular formula is C12H14Cl2N2. The van der Waals surface area contributed by atoms with Crippen LogP contribution in [0.5, 0.6) is 0 Å². The predicted molar refractivity (Wildman–Crippen MR) is 68.7 cm³/mol. The van der Waals surface area contributed by atoms with Crippen LogP contribution in [-0.2, 0) is 0 Å². The lowest BCUT2D eigenvalue weighted by atomic mass is 9.91. The second-order valence-electron chi connectivity index (χ2n) is 4.54. The zero-order chi connectivity index (χ0) is 11.1. The van der Waals surface area contributed by atoms with Crippen LogP contribution < -0.4 is 10.6 Å². The van der Waals surface area contributed by atoms with Gasteiger partial charge in [-0.05, 0) is 43.6 Å². The lowest BCUT2D eigenvalue weighted by molar-refractivity contribution is 0.578. The van der Waals surface area contributed by atoms with Gasteiger partial charge in [-0.3, -0.25) is 0 Å². The molecule has 1 aromatic carbocycles. The van der Waals surface area contributed by atoms with E-state index in [9.17, 15) is 0 Å². The molecule has 0 saturated carbocycles. The van der Waals surface area contributed by atoms with E-state index in [0.717, 1.165) is 19.5 Å². The Morgan fingerprint density at radius 3 is 2.69 bits per heavy atom. The van der Waals surface area contributed by atoms with Crippen molar-refractivity contribution in [1.29, 1.82) is 0 Å². The van der Waals surface area contributed by atoms with Crippen molar-refractivity contribution in [1.82, 2.24) is 5.32 Å². The summed E-state index contributed by atoms with van der Waals surface area (Å²) >= 11 is 12.1. The van der Waals surface area contributed by atoms with Crippen LogP contribution in [-0.4, -0.2) is 19.1 Å². The normalized spacial score (nSPS) is 27.9. The van der Waals surface area contributed by atoms with Crippen molar-refractivity contribution in [2.75, 3.05) is 18.4 Å². The smallest absolute Gasteiger partial charge is 0.0613 e. The Kier molecular flexibility index (Phi) is 2.74. The Hall–Kier alpha value is -0.440. The number of anilines is 1. The van der Waals surface area contributed by atoms with Crippen molar-refractivity contribution in [3.05, 3.63) is 27.7 Å². The Bertz CT molecular complexity index is 420. The van der Waals surface area contributed by atoms with Gasteiger partial charge in [-0.25, -0.2) is 0 Å². The van der Waals surface area contributed by atoms with E-state index in [1.807, 2.05) is 12.1 Å². The molecule has 86 valence electrons. The molecule has 2 aliphatic heterocycles. The number of rotatable bonds is 0. The Labute approximate surface area is 105 Å². The van der Waals surface area contributed by atoms with Gasteiger partial charge in [0, 0.05) is 17.6 Å². The minimum Gasteiger partial charge on any atom is -0.381 e. The zero-order valence-electron chi connectivity index (χ0n) is 8.89. The first-order chi connectivity index (χ1) is 7.75. The van der Waals surface area contributed by atoms with Crippen molar-refractivity contribution >= 4 is 28.9 Å². The summed E-state index contributed by atoms with van der Waals surface area (Å²) in [5, 5.41) is 8.30. The third kappa shape index (κ3) is 1.69. The molecular weight excluding hydrogens is 243 g/mol. The van der Waals surface area contributed by atoms with Gasteiger partial charge in [-0.1, -0.05) is 23.2 Å². The molecule has 2 nitrogen and oxygen atoms in total. The summed E-state index contributed by atoms with van der Waals surface area (Å²) in [5.41, 5.74) is 2.51. The van der Waals surface area contributed by atoms with Gasteiger partial charge in [0.1, 0.15) is 0 Å². The Balaban J connectivity index is 2.00. The van der Waals surface area contributed by atoms with Crippen LogP contribution in [0.15, 0.2) is 12.1 Å². The van der Waals surface area contributed by atoms with E-state index in [-0.39, 0.29) is 0 Å². The molecule has 0 unspecified atom stereocenters. The van der Waals surface area contributed by atoms with Crippen molar-refractivity contribution < 1.29 is 0 Å². The molecule has 3 rings (SSSR count). The summed E-state index contributed by atoms with van der Waals surface area (Å²) in [5.74, 6) is 0.583. The fourth-order valence-electron chi connectivity index (χ4n) is 2.78. The minimum atomic E-state index is 0.541. The number of benzene rings is 1. The van der Waals surface area contributed by atoms with Crippen molar-refractivity contribution in [2.45, 2.75) is 24.8 Å². The summed E-state index contributed by atoms with van der Waals surface area (Å²) < 4.78 is 0. The molecule has 2 heterocycles. The van der Waals surface area contributed by atoms with Crippen molar-refractivity contribution in [3.8, 4) is 0 Å². The second kappa shape index (κ2) is 4.10. The molecule has 0 radical (unpaired) electrons. The Morgan fingerprint density at radius 1 is 1.06 bits per heavy atom. The SMILES string of the molecule is Clc1cc2c(cc1Cl)[C@@H]1CCNCC[C@@H]1N2. The van der Waals surface area contributed by atoms with Gasteiger partial charge in [0.05, 0.1) is 10.0 Å². The first kappa shape index (κ1) is 10.7. The quantitative estimate of drug-likeness (QED) is 0.745. The summed E-state index contributed by atoms with van der Waals surface area (Å²) in [6, 6.07) is 4.53. The first-order valence-electron chi connectivity index (χ1n) is 5.72. The van der Waals surface area contributed by atoms with E-state index in [0.29, 0.717) is 22.0 Å². The van der Waals surface area contributed by atoms with E-state index in [2.05, 4.69) is 10.6 Å². The van der Waals surface area contributed by atoms with Gasteiger partial charge in [0.25, 0.3) is 0 Å². The van der Waals surface area contributed by atoms with Crippen LogP contribution in [0, 0.1) is 0 Å². The van der Waals surface area contributed by atoms with Crippen molar-refractivity contribution in [3.63, 3.8) is 0 Å². The summed E-state index contributed by atoms with van der Waals surface area (Å²) in [7, 11) is 0. The topological polar surface area (TPSA) is 24.1 Å². The average molecular weight is 257 g/mol. The van der Waals surface area contributed by atoms with Crippen LogP contribution in [0.1, 0.15) is 24.3 Å². The molecule has 2 N–H and O–H groups in total. The number of nitrogens with one attached hydrogen (secondary N) is 2.